The van der Waals surface area contributed by atoms with Gasteiger partial charge in [0.05, 0.1) is 44.5 Å². The second-order valence-electron chi connectivity index (χ2n) is 6.34. The van der Waals surface area contributed by atoms with Crippen LogP contribution in [0.1, 0.15) is 11.1 Å². The van der Waals surface area contributed by atoms with Crippen LogP contribution in [0.5, 0.6) is 17.2 Å². The largest absolute Gasteiger partial charge is 0.496 e. The van der Waals surface area contributed by atoms with Crippen LogP contribution in [0.2, 0.25) is 0 Å². The number of aryl methyl sites for hydroxylation is 1. The van der Waals surface area contributed by atoms with Crippen LogP contribution >= 0.6 is 11.3 Å². The molecule has 0 spiro atoms. The number of aromatic nitrogens is 1. The molecule has 3 rings (SSSR count). The molecule has 0 aliphatic heterocycles. The van der Waals surface area contributed by atoms with Crippen molar-refractivity contribution in [2.24, 2.45) is 4.99 Å². The van der Waals surface area contributed by atoms with Crippen molar-refractivity contribution in [1.29, 1.82) is 0 Å². The number of ether oxygens (including phenoxy) is 3. The summed E-state index contributed by atoms with van der Waals surface area (Å²) in [5, 5.41) is 0. The van der Waals surface area contributed by atoms with E-state index in [1.54, 1.807) is 21.3 Å². The summed E-state index contributed by atoms with van der Waals surface area (Å²) in [4.78, 5) is 17.5. The van der Waals surface area contributed by atoms with Gasteiger partial charge in [-0.05, 0) is 24.1 Å². The number of rotatable bonds is 6. The smallest absolute Gasteiger partial charge is 0.252 e. The summed E-state index contributed by atoms with van der Waals surface area (Å²) >= 11 is 1.39. The number of nitrogens with zero attached hydrogens (tertiary/aromatic N) is 2. The Balaban J connectivity index is 2.02. The number of carbonyl (C=O) groups excluding carboxylic acids is 1. The lowest BCUT2D eigenvalue weighted by molar-refractivity contribution is -0.117. The lowest BCUT2D eigenvalue weighted by Gasteiger charge is -2.08. The molecular formula is C22H22N2O4S. The number of hydrogen-bond donors (Lipinski definition) is 0. The predicted octanol–water partition coefficient (Wildman–Crippen LogP) is 3.34. The molecule has 1 amide bonds. The maximum absolute atomic E-state index is 12.6. The first-order valence-electron chi connectivity index (χ1n) is 8.90. The van der Waals surface area contributed by atoms with Crippen LogP contribution in [0.25, 0.3) is 10.2 Å². The van der Waals surface area contributed by atoms with Crippen molar-refractivity contribution in [2.45, 2.75) is 19.9 Å². The van der Waals surface area contributed by atoms with Gasteiger partial charge in [0.1, 0.15) is 5.75 Å². The van der Waals surface area contributed by atoms with Gasteiger partial charge in [0.2, 0.25) is 0 Å². The second-order valence-corrected chi connectivity index (χ2v) is 7.35. The Morgan fingerprint density at radius 1 is 1.10 bits per heavy atom. The molecule has 1 aromatic heterocycles. The molecule has 0 saturated carbocycles. The molecule has 0 aliphatic rings. The van der Waals surface area contributed by atoms with E-state index in [-0.39, 0.29) is 12.3 Å². The third-order valence-corrected chi connectivity index (χ3v) is 5.51. The molecule has 0 radical (unpaired) electrons. The average Bonchev–Trinajstić information content (AvgIpc) is 3.03. The summed E-state index contributed by atoms with van der Waals surface area (Å²) in [6.45, 7) is 2.24. The van der Waals surface area contributed by atoms with E-state index in [0.29, 0.717) is 22.8 Å². The Bertz CT molecular complexity index is 1170. The molecule has 0 saturated heterocycles. The lowest BCUT2D eigenvalue weighted by atomic mass is 10.1. The van der Waals surface area contributed by atoms with Crippen LogP contribution in [0.4, 0.5) is 0 Å². The molecule has 7 heteroatoms. The molecule has 6 nitrogen and oxygen atoms in total. The highest BCUT2D eigenvalue weighted by Crippen LogP contribution is 2.33. The highest BCUT2D eigenvalue weighted by Gasteiger charge is 2.13. The van der Waals surface area contributed by atoms with Gasteiger partial charge < -0.3 is 18.8 Å². The number of terminal acetylenes is 1. The lowest BCUT2D eigenvalue weighted by Crippen LogP contribution is -2.17. The average molecular weight is 410 g/mol. The van der Waals surface area contributed by atoms with E-state index in [1.165, 1.54) is 11.3 Å². The number of hydrogen-bond acceptors (Lipinski definition) is 5. The summed E-state index contributed by atoms with van der Waals surface area (Å²) in [5.74, 6) is 4.37. The molecule has 0 bridgehead atoms. The Hall–Kier alpha value is -3.24. The number of methoxy groups -OCH3 is 3. The topological polar surface area (TPSA) is 62.1 Å². The molecule has 29 heavy (non-hydrogen) atoms. The van der Waals surface area contributed by atoms with Crippen LogP contribution in [-0.4, -0.2) is 31.8 Å². The van der Waals surface area contributed by atoms with E-state index in [2.05, 4.69) is 10.9 Å². The van der Waals surface area contributed by atoms with E-state index < -0.39 is 0 Å². The summed E-state index contributed by atoms with van der Waals surface area (Å²) in [7, 11) is 4.78. The highest BCUT2D eigenvalue weighted by molar-refractivity contribution is 7.16. The van der Waals surface area contributed by atoms with Crippen LogP contribution < -0.4 is 19.0 Å². The van der Waals surface area contributed by atoms with E-state index in [9.17, 15) is 4.79 Å². The van der Waals surface area contributed by atoms with Gasteiger partial charge in [-0.15, -0.1) is 6.42 Å². The Morgan fingerprint density at radius 2 is 1.79 bits per heavy atom. The molecule has 0 N–H and O–H groups in total. The molecule has 2 aromatic carbocycles. The normalized spacial score (nSPS) is 11.3. The first-order chi connectivity index (χ1) is 14.0. The van der Waals surface area contributed by atoms with E-state index >= 15 is 0 Å². The van der Waals surface area contributed by atoms with Crippen molar-refractivity contribution in [3.05, 3.63) is 46.3 Å². The van der Waals surface area contributed by atoms with E-state index in [0.717, 1.165) is 27.1 Å². The van der Waals surface area contributed by atoms with Gasteiger partial charge in [-0.3, -0.25) is 4.79 Å². The van der Waals surface area contributed by atoms with E-state index in [4.69, 9.17) is 20.6 Å². The maximum Gasteiger partial charge on any atom is 0.252 e. The second kappa shape index (κ2) is 8.84. The quantitative estimate of drug-likeness (QED) is 0.585. The van der Waals surface area contributed by atoms with Crippen molar-refractivity contribution in [1.82, 2.24) is 4.57 Å². The Morgan fingerprint density at radius 3 is 2.41 bits per heavy atom. The fourth-order valence-electron chi connectivity index (χ4n) is 3.10. The Labute approximate surface area is 173 Å². The molecular weight excluding hydrogens is 388 g/mol. The third kappa shape index (κ3) is 4.28. The summed E-state index contributed by atoms with van der Waals surface area (Å²) < 4.78 is 18.8. The number of amides is 1. The zero-order chi connectivity index (χ0) is 21.0. The fourth-order valence-corrected chi connectivity index (χ4v) is 4.15. The predicted molar refractivity (Wildman–Crippen MR) is 114 cm³/mol. The molecule has 0 aliphatic carbocycles. The summed E-state index contributed by atoms with van der Waals surface area (Å²) in [5.41, 5.74) is 2.70. The van der Waals surface area contributed by atoms with Crippen molar-refractivity contribution in [3.8, 4) is 29.6 Å². The van der Waals surface area contributed by atoms with Crippen molar-refractivity contribution < 1.29 is 19.0 Å². The monoisotopic (exact) mass is 410 g/mol. The van der Waals surface area contributed by atoms with E-state index in [1.807, 2.05) is 41.8 Å². The minimum Gasteiger partial charge on any atom is -0.496 e. The molecule has 3 aromatic rings. The zero-order valence-corrected chi connectivity index (χ0v) is 17.6. The van der Waals surface area contributed by atoms with Gasteiger partial charge in [-0.1, -0.05) is 29.4 Å². The standard InChI is InChI=1S/C22H22N2O4S/c1-6-9-24-16-12-18(27-4)19(28-5)13-20(16)29-22(24)23-21(25)11-15-7-8-17(26-3)14(2)10-15/h1,7-8,10,12-13H,9,11H2,2-5H3. The first kappa shape index (κ1) is 20.5. The molecule has 0 atom stereocenters. The zero-order valence-electron chi connectivity index (χ0n) is 16.8. The van der Waals surface area contributed by atoms with Gasteiger partial charge in [0.15, 0.2) is 16.3 Å². The number of carbonyl (C=O) groups is 1. The van der Waals surface area contributed by atoms with Crippen molar-refractivity contribution in [2.75, 3.05) is 21.3 Å². The number of fused-ring (bicyclic) bond motifs is 1. The SMILES string of the molecule is C#CCn1c(=NC(=O)Cc2ccc(OC)c(C)c2)sc2cc(OC)c(OC)cc21. The van der Waals surface area contributed by atoms with Gasteiger partial charge in [0.25, 0.3) is 5.91 Å². The van der Waals surface area contributed by atoms with Crippen LogP contribution in [0.3, 0.4) is 0 Å². The number of benzene rings is 2. The van der Waals surface area contributed by atoms with Crippen LogP contribution in [0.15, 0.2) is 35.3 Å². The number of thiazole rings is 1. The molecule has 150 valence electrons. The maximum atomic E-state index is 12.6. The van der Waals surface area contributed by atoms with Crippen molar-refractivity contribution >= 4 is 27.5 Å². The highest BCUT2D eigenvalue weighted by atomic mass is 32.1. The van der Waals surface area contributed by atoms with Gasteiger partial charge in [0, 0.05) is 12.1 Å². The van der Waals surface area contributed by atoms with Crippen LogP contribution in [0, 0.1) is 19.3 Å². The summed E-state index contributed by atoms with van der Waals surface area (Å²) in [6.07, 6.45) is 5.74. The molecule has 1 heterocycles. The molecule has 0 fully saturated rings. The van der Waals surface area contributed by atoms with Crippen molar-refractivity contribution in [3.63, 3.8) is 0 Å². The summed E-state index contributed by atoms with van der Waals surface area (Å²) in [6, 6.07) is 9.37. The van der Waals surface area contributed by atoms with Crippen LogP contribution in [-0.2, 0) is 17.8 Å². The minimum atomic E-state index is -0.245. The van der Waals surface area contributed by atoms with Gasteiger partial charge in [-0.25, -0.2) is 0 Å². The third-order valence-electron chi connectivity index (χ3n) is 4.47. The fraction of sp³-hybridized carbons (Fsp3) is 0.273. The first-order valence-corrected chi connectivity index (χ1v) is 9.72. The molecule has 0 unspecified atom stereocenters. The van der Waals surface area contributed by atoms with Gasteiger partial charge in [-0.2, -0.15) is 4.99 Å². The minimum absolute atomic E-state index is 0.196. The van der Waals surface area contributed by atoms with Gasteiger partial charge >= 0.3 is 0 Å². The Kier molecular flexibility index (Phi) is 6.25.